The molecule has 2 unspecified atom stereocenters. The molecule has 4 rings (SSSR count). The summed E-state index contributed by atoms with van der Waals surface area (Å²) in [5.41, 5.74) is 7.34. The molecular weight excluding hydrogens is 540 g/mol. The molecule has 4 aromatic carbocycles. The van der Waals surface area contributed by atoms with Crippen molar-refractivity contribution in [2.45, 2.75) is 31.7 Å². The fourth-order valence-electron chi connectivity index (χ4n) is 4.79. The van der Waals surface area contributed by atoms with E-state index in [9.17, 15) is 13.5 Å². The van der Waals surface area contributed by atoms with Gasteiger partial charge in [-0.25, -0.2) is 8.42 Å². The van der Waals surface area contributed by atoms with Gasteiger partial charge in [0.05, 0.1) is 32.2 Å². The lowest BCUT2D eigenvalue weighted by atomic mass is 9.97. The third-order valence-electron chi connectivity index (χ3n) is 6.71. The van der Waals surface area contributed by atoms with Crippen LogP contribution in [0.2, 0.25) is 0 Å². The highest BCUT2D eigenvalue weighted by atomic mass is 32.2. The van der Waals surface area contributed by atoms with Gasteiger partial charge in [-0.05, 0) is 48.2 Å². The van der Waals surface area contributed by atoms with Crippen LogP contribution in [0.3, 0.4) is 0 Å². The van der Waals surface area contributed by atoms with E-state index in [1.807, 2.05) is 66.7 Å². The first-order chi connectivity index (χ1) is 19.5. The number of methoxy groups -OCH3 is 2. The van der Waals surface area contributed by atoms with Crippen molar-refractivity contribution in [2.75, 3.05) is 24.8 Å². The van der Waals surface area contributed by atoms with Crippen molar-refractivity contribution in [3.8, 4) is 17.2 Å². The van der Waals surface area contributed by atoms with Gasteiger partial charge in [-0.1, -0.05) is 78.9 Å². The fraction of sp³-hybridized carbons (Fsp3) is 0.250. The Morgan fingerprint density at radius 2 is 1.46 bits per heavy atom. The number of aliphatic hydroxyl groups is 1. The largest absolute Gasteiger partial charge is 0.493 e. The number of sulfonamides is 1. The van der Waals surface area contributed by atoms with Gasteiger partial charge >= 0.3 is 0 Å². The van der Waals surface area contributed by atoms with Gasteiger partial charge in [-0.3, -0.25) is 10.0 Å². The van der Waals surface area contributed by atoms with Crippen molar-refractivity contribution in [1.82, 2.24) is 0 Å². The molecule has 2 atom stereocenters. The van der Waals surface area contributed by atoms with Crippen molar-refractivity contribution in [2.24, 2.45) is 5.73 Å². The number of benzene rings is 4. The first-order valence-corrected chi connectivity index (χ1v) is 14.9. The number of anilines is 1. The van der Waals surface area contributed by atoms with Crippen molar-refractivity contribution < 1.29 is 27.7 Å². The molecule has 9 heteroatoms. The van der Waals surface area contributed by atoms with E-state index in [1.165, 1.54) is 18.3 Å². The molecular formula is C32H36N2O6S. The molecule has 0 aliphatic carbocycles. The summed E-state index contributed by atoms with van der Waals surface area (Å²) < 4.78 is 46.0. The van der Waals surface area contributed by atoms with E-state index in [-0.39, 0.29) is 23.6 Å². The van der Waals surface area contributed by atoms with Gasteiger partial charge in [0.15, 0.2) is 17.2 Å². The summed E-state index contributed by atoms with van der Waals surface area (Å²) in [5.74, 6) is 1.16. The number of hydrogen-bond acceptors (Lipinski definition) is 7. The van der Waals surface area contributed by atoms with Crippen LogP contribution >= 0.6 is 0 Å². The maximum Gasteiger partial charge on any atom is 0.232 e. The van der Waals surface area contributed by atoms with Crippen LogP contribution in [0, 0.1) is 0 Å². The molecule has 41 heavy (non-hydrogen) atoms. The van der Waals surface area contributed by atoms with Crippen molar-refractivity contribution >= 4 is 15.7 Å². The molecule has 0 amide bonds. The molecule has 216 valence electrons. The number of nitrogens with two attached hydrogens (primary N) is 1. The maximum absolute atomic E-state index is 13.7. The van der Waals surface area contributed by atoms with Gasteiger partial charge in [-0.15, -0.1) is 0 Å². The second-order valence-electron chi connectivity index (χ2n) is 9.95. The third kappa shape index (κ3) is 7.18. The van der Waals surface area contributed by atoms with Gasteiger partial charge in [0, 0.05) is 5.56 Å². The average molecular weight is 577 g/mol. The summed E-state index contributed by atoms with van der Waals surface area (Å²) in [4.78, 5) is 0. The van der Waals surface area contributed by atoms with Crippen LogP contribution in [0.25, 0.3) is 0 Å². The first kappa shape index (κ1) is 29.9. The normalized spacial score (nSPS) is 13.6. The molecule has 0 saturated heterocycles. The lowest BCUT2D eigenvalue weighted by Gasteiger charge is -2.35. The number of ether oxygens (including phenoxy) is 3. The zero-order valence-corrected chi connectivity index (χ0v) is 24.5. The quantitative estimate of drug-likeness (QED) is 0.224. The van der Waals surface area contributed by atoms with Gasteiger partial charge < -0.3 is 19.3 Å². The molecule has 0 aromatic heterocycles. The fourth-order valence-corrected chi connectivity index (χ4v) is 5.95. The van der Waals surface area contributed by atoms with Gasteiger partial charge in [0.25, 0.3) is 0 Å². The summed E-state index contributed by atoms with van der Waals surface area (Å²) in [6.45, 7) is 1.57. The number of nitrogens with zero attached hydrogens (tertiary/aromatic N) is 1. The molecule has 0 radical (unpaired) electrons. The number of rotatable bonds is 12. The second kappa shape index (κ2) is 12.6. The Labute approximate surface area is 242 Å². The minimum absolute atomic E-state index is 0.137. The Hall–Kier alpha value is -4.05. The molecule has 0 aliphatic heterocycles. The lowest BCUT2D eigenvalue weighted by molar-refractivity contribution is 0.0609. The Balaban J connectivity index is 1.94. The second-order valence-corrected chi connectivity index (χ2v) is 11.8. The van der Waals surface area contributed by atoms with Crippen LogP contribution in [0.5, 0.6) is 17.2 Å². The van der Waals surface area contributed by atoms with Crippen LogP contribution in [-0.4, -0.2) is 34.0 Å². The molecule has 4 aromatic rings. The molecule has 0 saturated carbocycles. The Morgan fingerprint density at radius 3 is 2.02 bits per heavy atom. The van der Waals surface area contributed by atoms with E-state index in [0.29, 0.717) is 23.5 Å². The third-order valence-corrected chi connectivity index (χ3v) is 7.87. The molecule has 0 aliphatic rings. The smallest absolute Gasteiger partial charge is 0.232 e. The first-order valence-electron chi connectivity index (χ1n) is 13.1. The molecule has 0 bridgehead atoms. The highest BCUT2D eigenvalue weighted by Gasteiger charge is 2.34. The van der Waals surface area contributed by atoms with Gasteiger partial charge in [0.1, 0.15) is 12.3 Å². The minimum atomic E-state index is -3.93. The summed E-state index contributed by atoms with van der Waals surface area (Å²) in [6, 6.07) is 28.7. The zero-order valence-electron chi connectivity index (χ0n) is 23.7. The van der Waals surface area contributed by atoms with E-state index in [0.717, 1.165) is 17.4 Å². The van der Waals surface area contributed by atoms with Gasteiger partial charge in [-0.2, -0.15) is 0 Å². The van der Waals surface area contributed by atoms with Crippen LogP contribution in [-0.2, 0) is 28.8 Å². The van der Waals surface area contributed by atoms with Gasteiger partial charge in [0.2, 0.25) is 10.0 Å². The standard InChI is InChI=1S/C32H36N2O6S/c1-32(33,35)26-16-11-17-27(31(26)40-22-24-14-9-6-10-15-24)34(41(4,36)37)28(20-23-12-7-5-8-13-23)25-18-19-29(38-2)30(21-25)39-3/h5-19,21,28,35H,20,22,33H2,1-4H3. The topological polar surface area (TPSA) is 111 Å². The van der Waals surface area contributed by atoms with Crippen LogP contribution < -0.4 is 24.2 Å². The predicted octanol–water partition coefficient (Wildman–Crippen LogP) is 5.16. The van der Waals surface area contributed by atoms with Crippen molar-refractivity contribution in [1.29, 1.82) is 0 Å². The zero-order chi connectivity index (χ0) is 29.6. The lowest BCUT2D eigenvalue weighted by Crippen LogP contribution is -2.37. The van der Waals surface area contributed by atoms with E-state index in [1.54, 1.807) is 37.4 Å². The van der Waals surface area contributed by atoms with E-state index in [4.69, 9.17) is 19.9 Å². The number of hydrogen-bond donors (Lipinski definition) is 2. The molecule has 0 heterocycles. The summed E-state index contributed by atoms with van der Waals surface area (Å²) in [6.07, 6.45) is 1.49. The maximum atomic E-state index is 13.7. The van der Waals surface area contributed by atoms with Crippen LogP contribution in [0.1, 0.15) is 35.2 Å². The highest BCUT2D eigenvalue weighted by molar-refractivity contribution is 7.92. The minimum Gasteiger partial charge on any atom is -0.493 e. The molecule has 0 spiro atoms. The average Bonchev–Trinajstić information content (AvgIpc) is 2.95. The number of para-hydroxylation sites is 1. The Bertz CT molecular complexity index is 1550. The Kier molecular flexibility index (Phi) is 9.22. The van der Waals surface area contributed by atoms with E-state index >= 15 is 0 Å². The Morgan fingerprint density at radius 1 is 0.854 bits per heavy atom. The molecule has 0 fully saturated rings. The van der Waals surface area contributed by atoms with Crippen molar-refractivity contribution in [3.05, 3.63) is 119 Å². The van der Waals surface area contributed by atoms with E-state index < -0.39 is 21.8 Å². The summed E-state index contributed by atoms with van der Waals surface area (Å²) in [7, 11) is -0.853. The highest BCUT2D eigenvalue weighted by Crippen LogP contribution is 2.43. The van der Waals surface area contributed by atoms with Crippen LogP contribution in [0.15, 0.2) is 97.1 Å². The summed E-state index contributed by atoms with van der Waals surface area (Å²) in [5, 5.41) is 10.9. The SMILES string of the molecule is COc1ccc(C(Cc2ccccc2)N(c2cccc(C(C)(N)O)c2OCc2ccccc2)S(C)(=O)=O)cc1OC. The predicted molar refractivity (Wildman–Crippen MR) is 161 cm³/mol. The van der Waals surface area contributed by atoms with Crippen molar-refractivity contribution in [3.63, 3.8) is 0 Å². The summed E-state index contributed by atoms with van der Waals surface area (Å²) >= 11 is 0. The molecule has 8 nitrogen and oxygen atoms in total. The van der Waals surface area contributed by atoms with Crippen LogP contribution in [0.4, 0.5) is 5.69 Å². The monoisotopic (exact) mass is 576 g/mol. The van der Waals surface area contributed by atoms with E-state index in [2.05, 4.69) is 0 Å². The molecule has 3 N–H and O–H groups in total.